The largest absolute Gasteiger partial charge is 0.506 e. The molecule has 0 aliphatic heterocycles. The van der Waals surface area contributed by atoms with Crippen LogP contribution in [-0.2, 0) is 0 Å². The van der Waals surface area contributed by atoms with E-state index < -0.39 is 5.91 Å². The highest BCUT2D eigenvalue weighted by Gasteiger charge is 2.14. The smallest absolute Gasteiger partial charge is 0.271 e. The molecule has 2 aromatic rings. The van der Waals surface area contributed by atoms with Gasteiger partial charge in [-0.05, 0) is 42.7 Å². The Kier molecular flexibility index (Phi) is 10.1. The zero-order chi connectivity index (χ0) is 23.5. The molecule has 0 aliphatic carbocycles. The first-order chi connectivity index (χ1) is 15.3. The van der Waals surface area contributed by atoms with Crippen LogP contribution in [0.2, 0.25) is 5.02 Å². The van der Waals surface area contributed by atoms with Crippen LogP contribution in [0.25, 0.3) is 0 Å². The summed E-state index contributed by atoms with van der Waals surface area (Å²) in [5.41, 5.74) is 3.36. The molecule has 0 unspecified atom stereocenters. The molecule has 0 atom stereocenters. The van der Waals surface area contributed by atoms with Crippen LogP contribution in [0.3, 0.4) is 0 Å². The van der Waals surface area contributed by atoms with Crippen LogP contribution in [0.5, 0.6) is 23.0 Å². The van der Waals surface area contributed by atoms with Crippen LogP contribution in [0, 0.1) is 5.92 Å². The van der Waals surface area contributed by atoms with Gasteiger partial charge in [0.05, 0.1) is 32.1 Å². The van der Waals surface area contributed by atoms with Crippen LogP contribution >= 0.6 is 11.6 Å². The fraction of sp³-hybridized carbons (Fsp3) is 0.417. The number of hydrazone groups is 1. The Bertz CT molecular complexity index is 906. The quantitative estimate of drug-likeness (QED) is 0.249. The number of rotatable bonds is 12. The van der Waals surface area contributed by atoms with Gasteiger partial charge in [-0.1, -0.05) is 44.7 Å². The van der Waals surface area contributed by atoms with E-state index in [1.165, 1.54) is 37.3 Å². The van der Waals surface area contributed by atoms with E-state index >= 15 is 0 Å². The van der Waals surface area contributed by atoms with Gasteiger partial charge in [-0.15, -0.1) is 0 Å². The van der Waals surface area contributed by atoms with Crippen LogP contribution in [0.4, 0.5) is 0 Å². The van der Waals surface area contributed by atoms with Crippen LogP contribution < -0.4 is 19.6 Å². The number of hydrogen-bond donors (Lipinski definition) is 2. The summed E-state index contributed by atoms with van der Waals surface area (Å²) in [5.74, 6) is 1.74. The van der Waals surface area contributed by atoms with Gasteiger partial charge < -0.3 is 19.3 Å². The van der Waals surface area contributed by atoms with Crippen LogP contribution in [-0.4, -0.2) is 38.1 Å². The SMILES string of the molecule is COc1cc(C=NNC(=O)c2ccc(O)c(Cl)c2)cc(OC)c1OCCCCCC(C)C. The molecule has 0 radical (unpaired) electrons. The van der Waals surface area contributed by atoms with E-state index in [1.807, 2.05) is 0 Å². The summed E-state index contributed by atoms with van der Waals surface area (Å²) in [6.07, 6.45) is 5.94. The van der Waals surface area contributed by atoms with Crippen molar-refractivity contribution in [3.05, 3.63) is 46.5 Å². The van der Waals surface area contributed by atoms with Gasteiger partial charge in [0.15, 0.2) is 11.5 Å². The average Bonchev–Trinajstić information content (AvgIpc) is 2.77. The highest BCUT2D eigenvalue weighted by Crippen LogP contribution is 2.38. The first-order valence-corrected chi connectivity index (χ1v) is 10.9. The molecule has 0 saturated heterocycles. The van der Waals surface area contributed by atoms with Crippen molar-refractivity contribution in [2.45, 2.75) is 39.5 Å². The van der Waals surface area contributed by atoms with E-state index in [0.717, 1.165) is 12.8 Å². The number of hydrogen-bond acceptors (Lipinski definition) is 6. The molecule has 0 spiro atoms. The number of nitrogens with one attached hydrogen (secondary N) is 1. The number of carbonyl (C=O) groups is 1. The molecule has 1 amide bonds. The number of methoxy groups -OCH3 is 2. The van der Waals surface area contributed by atoms with Gasteiger partial charge in [0.25, 0.3) is 5.91 Å². The van der Waals surface area contributed by atoms with E-state index in [9.17, 15) is 9.90 Å². The highest BCUT2D eigenvalue weighted by atomic mass is 35.5. The van der Waals surface area contributed by atoms with Crippen molar-refractivity contribution in [1.29, 1.82) is 0 Å². The number of halogens is 1. The summed E-state index contributed by atoms with van der Waals surface area (Å²) in [5, 5.41) is 13.5. The van der Waals surface area contributed by atoms with Gasteiger partial charge >= 0.3 is 0 Å². The number of phenols is 1. The molecule has 0 heterocycles. The molecule has 7 nitrogen and oxygen atoms in total. The fourth-order valence-corrected chi connectivity index (χ4v) is 3.18. The molecule has 2 N–H and O–H groups in total. The second kappa shape index (κ2) is 12.8. The molecule has 2 rings (SSSR count). The molecule has 0 aliphatic rings. The molecule has 32 heavy (non-hydrogen) atoms. The van der Waals surface area contributed by atoms with Crippen molar-refractivity contribution >= 4 is 23.7 Å². The first kappa shape index (κ1) is 25.3. The molecule has 174 valence electrons. The molecule has 0 bridgehead atoms. The summed E-state index contributed by atoms with van der Waals surface area (Å²) in [4.78, 5) is 12.2. The second-order valence-corrected chi connectivity index (χ2v) is 8.12. The third kappa shape index (κ3) is 7.64. The summed E-state index contributed by atoms with van der Waals surface area (Å²) in [7, 11) is 3.11. The van der Waals surface area contributed by atoms with Gasteiger partial charge in [0.2, 0.25) is 5.75 Å². The minimum absolute atomic E-state index is 0.0895. The maximum Gasteiger partial charge on any atom is 0.271 e. The van der Waals surface area contributed by atoms with E-state index in [-0.39, 0.29) is 16.3 Å². The summed E-state index contributed by atoms with van der Waals surface area (Å²) in [6.45, 7) is 5.03. The molecular weight excluding hydrogens is 432 g/mol. The standard InChI is InChI=1S/C24H31ClN2O5/c1-16(2)8-6-5-7-11-32-23-21(30-3)12-17(13-22(23)31-4)15-26-27-24(29)18-9-10-20(28)19(25)14-18/h9-10,12-16,28H,5-8,11H2,1-4H3,(H,27,29). The van der Waals surface area contributed by atoms with E-state index in [2.05, 4.69) is 24.4 Å². The minimum Gasteiger partial charge on any atom is -0.506 e. The summed E-state index contributed by atoms with van der Waals surface area (Å²) >= 11 is 5.83. The van der Waals surface area contributed by atoms with E-state index in [4.69, 9.17) is 25.8 Å². The number of benzene rings is 2. The molecule has 0 aromatic heterocycles. The fourth-order valence-electron chi connectivity index (χ4n) is 3.00. The third-order valence-corrected chi connectivity index (χ3v) is 5.05. The van der Waals surface area contributed by atoms with Crippen molar-refractivity contribution in [2.75, 3.05) is 20.8 Å². The highest BCUT2D eigenvalue weighted by molar-refractivity contribution is 6.32. The lowest BCUT2D eigenvalue weighted by Crippen LogP contribution is -2.17. The summed E-state index contributed by atoms with van der Waals surface area (Å²) in [6, 6.07) is 7.67. The lowest BCUT2D eigenvalue weighted by Gasteiger charge is -2.15. The van der Waals surface area contributed by atoms with E-state index in [0.29, 0.717) is 35.3 Å². The van der Waals surface area contributed by atoms with Crippen LogP contribution in [0.15, 0.2) is 35.4 Å². The Balaban J connectivity index is 2.01. The van der Waals surface area contributed by atoms with Crippen molar-refractivity contribution in [3.63, 3.8) is 0 Å². The Hall–Kier alpha value is -2.93. The predicted molar refractivity (Wildman–Crippen MR) is 127 cm³/mol. The number of unbranched alkanes of at least 4 members (excludes halogenated alkanes) is 2. The Morgan fingerprint density at radius 1 is 1.12 bits per heavy atom. The Labute approximate surface area is 194 Å². The Morgan fingerprint density at radius 2 is 1.81 bits per heavy atom. The number of phenolic OH excluding ortho intramolecular Hbond substituents is 1. The maximum atomic E-state index is 12.2. The molecule has 8 heteroatoms. The minimum atomic E-state index is -0.459. The number of nitrogens with zero attached hydrogens (tertiary/aromatic N) is 1. The zero-order valence-corrected chi connectivity index (χ0v) is 19.7. The molecule has 0 saturated carbocycles. The average molecular weight is 463 g/mol. The first-order valence-electron chi connectivity index (χ1n) is 10.6. The third-order valence-electron chi connectivity index (χ3n) is 4.74. The second-order valence-electron chi connectivity index (χ2n) is 7.71. The maximum absolute atomic E-state index is 12.2. The molecule has 0 fully saturated rings. The van der Waals surface area contributed by atoms with E-state index in [1.54, 1.807) is 26.4 Å². The van der Waals surface area contributed by atoms with Crippen molar-refractivity contribution < 1.29 is 24.1 Å². The molecule has 2 aromatic carbocycles. The van der Waals surface area contributed by atoms with Crippen LogP contribution in [0.1, 0.15) is 55.5 Å². The monoisotopic (exact) mass is 462 g/mol. The topological polar surface area (TPSA) is 89.4 Å². The number of ether oxygens (including phenoxy) is 3. The number of amides is 1. The predicted octanol–water partition coefficient (Wildman–Crippen LogP) is 5.42. The number of aromatic hydroxyl groups is 1. The van der Waals surface area contributed by atoms with Gasteiger partial charge in [-0.3, -0.25) is 4.79 Å². The molecular formula is C24H31ClN2O5. The van der Waals surface area contributed by atoms with Gasteiger partial charge in [0, 0.05) is 11.1 Å². The number of carbonyl (C=O) groups excluding carboxylic acids is 1. The van der Waals surface area contributed by atoms with Gasteiger partial charge in [-0.25, -0.2) is 5.43 Å². The van der Waals surface area contributed by atoms with Crippen molar-refractivity contribution in [2.24, 2.45) is 11.0 Å². The van der Waals surface area contributed by atoms with Gasteiger partial charge in [-0.2, -0.15) is 5.10 Å². The summed E-state index contributed by atoms with van der Waals surface area (Å²) < 4.78 is 16.9. The van der Waals surface area contributed by atoms with Gasteiger partial charge in [0.1, 0.15) is 5.75 Å². The normalized spacial score (nSPS) is 11.1. The lowest BCUT2D eigenvalue weighted by molar-refractivity contribution is 0.0955. The lowest BCUT2D eigenvalue weighted by atomic mass is 10.1. The zero-order valence-electron chi connectivity index (χ0n) is 19.0. The Morgan fingerprint density at radius 3 is 2.41 bits per heavy atom. The van der Waals surface area contributed by atoms with Crippen molar-refractivity contribution in [3.8, 4) is 23.0 Å². The van der Waals surface area contributed by atoms with Crippen molar-refractivity contribution in [1.82, 2.24) is 5.43 Å².